The second-order valence-electron chi connectivity index (χ2n) is 4.41. The zero-order valence-corrected chi connectivity index (χ0v) is 11.4. The van der Waals surface area contributed by atoms with Gasteiger partial charge in [-0.2, -0.15) is 5.10 Å². The van der Waals surface area contributed by atoms with E-state index in [1.165, 1.54) is 4.80 Å². The molecule has 20 heavy (non-hydrogen) atoms. The Morgan fingerprint density at radius 1 is 1.15 bits per heavy atom. The molecule has 0 radical (unpaired) electrons. The highest BCUT2D eigenvalue weighted by Crippen LogP contribution is 2.20. The maximum absolute atomic E-state index is 6.05. The highest BCUT2D eigenvalue weighted by Gasteiger charge is 2.17. The van der Waals surface area contributed by atoms with Crippen LogP contribution in [0.4, 0.5) is 5.69 Å². The molecule has 2 heterocycles. The lowest BCUT2D eigenvalue weighted by molar-refractivity contribution is 0.586. The van der Waals surface area contributed by atoms with E-state index in [-0.39, 0.29) is 0 Å². The molecule has 0 saturated carbocycles. The van der Waals surface area contributed by atoms with E-state index in [0.717, 1.165) is 11.3 Å². The fraction of sp³-hybridized carbons (Fsp3) is 0.231. The molecule has 0 amide bonds. The first-order valence-corrected chi connectivity index (χ1v) is 6.39. The number of aromatic nitrogens is 6. The fourth-order valence-corrected chi connectivity index (χ4v) is 2.02. The lowest BCUT2D eigenvalue weighted by atomic mass is 10.2. The van der Waals surface area contributed by atoms with E-state index >= 15 is 0 Å². The number of benzene rings is 1. The Labute approximate surface area is 116 Å². The van der Waals surface area contributed by atoms with Gasteiger partial charge in [0, 0.05) is 12.1 Å². The second-order valence-corrected chi connectivity index (χ2v) is 4.41. The molecule has 102 valence electrons. The van der Waals surface area contributed by atoms with Gasteiger partial charge in [-0.05, 0) is 19.1 Å². The van der Waals surface area contributed by atoms with Gasteiger partial charge in [-0.1, -0.05) is 30.3 Å². The van der Waals surface area contributed by atoms with Gasteiger partial charge in [-0.25, -0.2) is 4.68 Å². The minimum Gasteiger partial charge on any atom is -0.394 e. The maximum atomic E-state index is 6.05. The number of hydrogen-bond donors (Lipinski definition) is 1. The van der Waals surface area contributed by atoms with Gasteiger partial charge in [-0.3, -0.25) is 0 Å². The predicted octanol–water partition coefficient (Wildman–Crippen LogP) is 1.44. The molecule has 1 aromatic carbocycles. The number of nitrogens with two attached hydrogens (primary N) is 1. The third-order valence-electron chi connectivity index (χ3n) is 3.08. The van der Waals surface area contributed by atoms with Crippen molar-refractivity contribution in [3.63, 3.8) is 0 Å². The monoisotopic (exact) mass is 269 g/mol. The molecule has 0 atom stereocenters. The first-order valence-electron chi connectivity index (χ1n) is 6.39. The van der Waals surface area contributed by atoms with Crippen LogP contribution in [0.3, 0.4) is 0 Å². The van der Waals surface area contributed by atoms with Crippen molar-refractivity contribution in [2.75, 3.05) is 5.73 Å². The Morgan fingerprint density at radius 3 is 2.60 bits per heavy atom. The van der Waals surface area contributed by atoms with Gasteiger partial charge < -0.3 is 5.73 Å². The Kier molecular flexibility index (Phi) is 2.94. The minimum absolute atomic E-state index is 0.562. The minimum atomic E-state index is 0.562. The Bertz CT molecular complexity index is 727. The predicted molar refractivity (Wildman–Crippen MR) is 75.2 cm³/mol. The molecule has 0 spiro atoms. The van der Waals surface area contributed by atoms with E-state index in [2.05, 4.69) is 20.5 Å². The number of nitrogen functional groups attached to an aromatic ring is 1. The van der Waals surface area contributed by atoms with Crippen molar-refractivity contribution in [1.29, 1.82) is 0 Å². The molecule has 7 heteroatoms. The molecule has 0 aliphatic heterocycles. The molecule has 0 aliphatic carbocycles. The van der Waals surface area contributed by atoms with Crippen molar-refractivity contribution in [2.24, 2.45) is 0 Å². The normalized spacial score (nSPS) is 10.9. The van der Waals surface area contributed by atoms with Gasteiger partial charge in [-0.15, -0.1) is 15.0 Å². The summed E-state index contributed by atoms with van der Waals surface area (Å²) in [6.45, 7) is 4.54. The summed E-state index contributed by atoms with van der Waals surface area (Å²) < 4.78 is 1.76. The quantitative estimate of drug-likeness (QED) is 0.777. The van der Waals surface area contributed by atoms with Crippen LogP contribution in [0.15, 0.2) is 30.3 Å². The SMILES string of the molecule is CCn1nc(C)c(N)c1-n1nnc(-c2ccccc2)n1. The van der Waals surface area contributed by atoms with E-state index in [4.69, 9.17) is 5.73 Å². The molecular weight excluding hydrogens is 254 g/mol. The maximum Gasteiger partial charge on any atom is 0.205 e. The summed E-state index contributed by atoms with van der Waals surface area (Å²) in [5, 5.41) is 16.9. The molecule has 2 aromatic heterocycles. The summed E-state index contributed by atoms with van der Waals surface area (Å²) in [5.41, 5.74) is 8.30. The van der Waals surface area contributed by atoms with E-state index in [1.54, 1.807) is 4.68 Å². The van der Waals surface area contributed by atoms with Crippen LogP contribution >= 0.6 is 0 Å². The van der Waals surface area contributed by atoms with Crippen LogP contribution in [0.1, 0.15) is 12.6 Å². The van der Waals surface area contributed by atoms with Crippen molar-refractivity contribution in [3.05, 3.63) is 36.0 Å². The highest BCUT2D eigenvalue weighted by molar-refractivity contribution is 5.57. The third-order valence-corrected chi connectivity index (χ3v) is 3.08. The molecule has 7 nitrogen and oxygen atoms in total. The molecule has 0 saturated heterocycles. The van der Waals surface area contributed by atoms with Crippen molar-refractivity contribution in [3.8, 4) is 17.2 Å². The standard InChI is InChI=1S/C13H15N7/c1-3-19-13(11(14)9(2)16-19)20-17-12(15-18-20)10-7-5-4-6-8-10/h4-8H,3,14H2,1-2H3. The fourth-order valence-electron chi connectivity index (χ4n) is 2.02. The Balaban J connectivity index is 2.07. The van der Waals surface area contributed by atoms with E-state index in [9.17, 15) is 0 Å². The van der Waals surface area contributed by atoms with Crippen LogP contribution in [0.25, 0.3) is 17.2 Å². The van der Waals surface area contributed by atoms with Crippen LogP contribution in [0.5, 0.6) is 0 Å². The molecule has 2 N–H and O–H groups in total. The van der Waals surface area contributed by atoms with Gasteiger partial charge >= 0.3 is 0 Å². The smallest absolute Gasteiger partial charge is 0.205 e. The van der Waals surface area contributed by atoms with E-state index in [0.29, 0.717) is 23.9 Å². The number of anilines is 1. The number of rotatable bonds is 3. The number of nitrogens with zero attached hydrogens (tertiary/aromatic N) is 6. The highest BCUT2D eigenvalue weighted by atomic mass is 15.6. The zero-order valence-electron chi connectivity index (χ0n) is 11.4. The first-order chi connectivity index (χ1) is 9.70. The van der Waals surface area contributed by atoms with Gasteiger partial charge in [0.05, 0.1) is 5.69 Å². The largest absolute Gasteiger partial charge is 0.394 e. The summed E-state index contributed by atoms with van der Waals surface area (Å²) in [6.07, 6.45) is 0. The van der Waals surface area contributed by atoms with Gasteiger partial charge in [0.1, 0.15) is 5.69 Å². The summed E-state index contributed by atoms with van der Waals surface area (Å²) >= 11 is 0. The summed E-state index contributed by atoms with van der Waals surface area (Å²) in [7, 11) is 0. The molecule has 0 fully saturated rings. The number of hydrogen-bond acceptors (Lipinski definition) is 5. The topological polar surface area (TPSA) is 87.4 Å². The van der Waals surface area contributed by atoms with Crippen LogP contribution in [-0.2, 0) is 6.54 Å². The molecule has 0 aliphatic rings. The van der Waals surface area contributed by atoms with E-state index < -0.39 is 0 Å². The van der Waals surface area contributed by atoms with Crippen molar-refractivity contribution < 1.29 is 0 Å². The molecule has 3 rings (SSSR count). The zero-order chi connectivity index (χ0) is 14.1. The summed E-state index contributed by atoms with van der Waals surface area (Å²) in [6, 6.07) is 9.69. The first kappa shape index (κ1) is 12.3. The molecule has 3 aromatic rings. The van der Waals surface area contributed by atoms with Crippen LogP contribution < -0.4 is 5.73 Å². The second kappa shape index (κ2) is 4.76. The summed E-state index contributed by atoms with van der Waals surface area (Å²) in [4.78, 5) is 1.43. The lowest BCUT2D eigenvalue weighted by Gasteiger charge is -2.02. The average molecular weight is 269 g/mol. The number of aryl methyl sites for hydroxylation is 2. The molecule has 0 bridgehead atoms. The average Bonchev–Trinajstić information content (AvgIpc) is 3.06. The van der Waals surface area contributed by atoms with Crippen LogP contribution in [-0.4, -0.2) is 30.0 Å². The van der Waals surface area contributed by atoms with Crippen molar-refractivity contribution in [1.82, 2.24) is 30.0 Å². The Hall–Kier alpha value is -2.70. The van der Waals surface area contributed by atoms with Gasteiger partial charge in [0.2, 0.25) is 5.82 Å². The molecule has 0 unspecified atom stereocenters. The lowest BCUT2D eigenvalue weighted by Crippen LogP contribution is -2.10. The molecular formula is C13H15N7. The van der Waals surface area contributed by atoms with Gasteiger partial charge in [0.15, 0.2) is 5.82 Å². The van der Waals surface area contributed by atoms with Crippen molar-refractivity contribution >= 4 is 5.69 Å². The van der Waals surface area contributed by atoms with Crippen LogP contribution in [0, 0.1) is 6.92 Å². The van der Waals surface area contributed by atoms with Crippen molar-refractivity contribution in [2.45, 2.75) is 20.4 Å². The summed E-state index contributed by atoms with van der Waals surface area (Å²) in [5.74, 6) is 1.21. The van der Waals surface area contributed by atoms with E-state index in [1.807, 2.05) is 44.2 Å². The number of tetrazole rings is 1. The van der Waals surface area contributed by atoms with Crippen LogP contribution in [0.2, 0.25) is 0 Å². The van der Waals surface area contributed by atoms with Gasteiger partial charge in [0.25, 0.3) is 0 Å². The third kappa shape index (κ3) is 1.93. The Morgan fingerprint density at radius 2 is 1.90 bits per heavy atom.